The highest BCUT2D eigenvalue weighted by atomic mass is 32.1. The monoisotopic (exact) mass is 450 g/mol. The summed E-state index contributed by atoms with van der Waals surface area (Å²) in [4.78, 5) is 38.7. The molecule has 10 heteroatoms. The highest BCUT2D eigenvalue weighted by Gasteiger charge is 2.29. The number of aromatic nitrogens is 3. The molecule has 0 atom stereocenters. The summed E-state index contributed by atoms with van der Waals surface area (Å²) in [6, 6.07) is 10.4. The van der Waals surface area contributed by atoms with E-state index in [1.54, 1.807) is 42.6 Å². The van der Waals surface area contributed by atoms with Gasteiger partial charge in [0.25, 0.3) is 11.5 Å². The molecule has 1 aromatic carbocycles. The lowest BCUT2D eigenvalue weighted by atomic mass is 10.2. The highest BCUT2D eigenvalue weighted by molar-refractivity contribution is 7.16. The molecule has 0 unspecified atom stereocenters. The summed E-state index contributed by atoms with van der Waals surface area (Å²) in [5.41, 5.74) is 0.157. The van der Waals surface area contributed by atoms with E-state index in [9.17, 15) is 14.4 Å². The predicted octanol–water partition coefficient (Wildman–Crippen LogP) is 3.74. The Morgan fingerprint density at radius 2 is 2.06 bits per heavy atom. The molecule has 1 aliphatic rings. The number of hydrogen-bond acceptors (Lipinski definition) is 8. The van der Waals surface area contributed by atoms with Crippen molar-refractivity contribution in [3.05, 3.63) is 69.3 Å². The van der Waals surface area contributed by atoms with Gasteiger partial charge in [0.1, 0.15) is 10.8 Å². The molecule has 1 fully saturated rings. The van der Waals surface area contributed by atoms with Crippen LogP contribution in [-0.4, -0.2) is 33.4 Å². The zero-order valence-corrected chi connectivity index (χ0v) is 17.8. The zero-order valence-electron chi connectivity index (χ0n) is 17.0. The highest BCUT2D eigenvalue weighted by Crippen LogP contribution is 2.40. The van der Waals surface area contributed by atoms with Gasteiger partial charge in [-0.1, -0.05) is 23.4 Å². The van der Waals surface area contributed by atoms with Crippen LogP contribution in [-0.2, 0) is 4.74 Å². The van der Waals surface area contributed by atoms with E-state index in [-0.39, 0.29) is 23.4 Å². The van der Waals surface area contributed by atoms with Crippen molar-refractivity contribution >= 4 is 39.0 Å². The van der Waals surface area contributed by atoms with Crippen LogP contribution >= 0.6 is 11.3 Å². The van der Waals surface area contributed by atoms with Gasteiger partial charge in [-0.15, -0.1) is 11.3 Å². The quantitative estimate of drug-likeness (QED) is 0.445. The molecule has 3 heterocycles. The van der Waals surface area contributed by atoms with Gasteiger partial charge in [-0.3, -0.25) is 9.59 Å². The third kappa shape index (κ3) is 3.58. The molecule has 162 valence electrons. The average molecular weight is 450 g/mol. The molecule has 1 N–H and O–H groups in total. The van der Waals surface area contributed by atoms with E-state index in [2.05, 4.69) is 15.6 Å². The summed E-state index contributed by atoms with van der Waals surface area (Å²) in [6.07, 6.45) is 2.04. The lowest BCUT2D eigenvalue weighted by Crippen LogP contribution is -2.25. The zero-order chi connectivity index (χ0) is 22.2. The number of nitrogens with zero attached hydrogens (tertiary/aromatic N) is 3. The summed E-state index contributed by atoms with van der Waals surface area (Å²) in [6.45, 7) is 1.85. The molecule has 0 aliphatic heterocycles. The van der Waals surface area contributed by atoms with Crippen molar-refractivity contribution in [1.29, 1.82) is 0 Å². The molecule has 4 aromatic rings. The van der Waals surface area contributed by atoms with E-state index < -0.39 is 17.4 Å². The molecule has 1 amide bonds. The first-order valence-electron chi connectivity index (χ1n) is 10.1. The van der Waals surface area contributed by atoms with Crippen LogP contribution in [0.3, 0.4) is 0 Å². The summed E-state index contributed by atoms with van der Waals surface area (Å²) < 4.78 is 11.5. The number of ether oxygens (including phenoxy) is 1. The van der Waals surface area contributed by atoms with Crippen molar-refractivity contribution in [1.82, 2.24) is 14.9 Å². The van der Waals surface area contributed by atoms with Gasteiger partial charge >= 0.3 is 5.97 Å². The van der Waals surface area contributed by atoms with E-state index in [0.717, 1.165) is 28.9 Å². The maximum atomic E-state index is 13.3. The molecular formula is C22H18N4O5S. The average Bonchev–Trinajstić information content (AvgIpc) is 3.37. The van der Waals surface area contributed by atoms with E-state index in [0.29, 0.717) is 27.8 Å². The van der Waals surface area contributed by atoms with Crippen LogP contribution in [0.1, 0.15) is 52.4 Å². The SMILES string of the molecule is CCOC(=O)c1nn(-c2ccccc2)c(=O)c2c(NC(=O)c3cc(C4CC4)on3)scc12. The molecule has 5 rings (SSSR count). The number of para-hydroxylation sites is 1. The Balaban J connectivity index is 1.60. The number of carbonyl (C=O) groups excluding carboxylic acids is 2. The lowest BCUT2D eigenvalue weighted by Gasteiger charge is -2.09. The fraction of sp³-hybridized carbons (Fsp3) is 0.227. The smallest absolute Gasteiger partial charge is 0.359 e. The lowest BCUT2D eigenvalue weighted by molar-refractivity contribution is 0.0520. The molecule has 0 spiro atoms. The van der Waals surface area contributed by atoms with E-state index >= 15 is 0 Å². The first-order valence-corrected chi connectivity index (χ1v) is 11.0. The number of carbonyl (C=O) groups is 2. The number of rotatable bonds is 6. The molecule has 0 bridgehead atoms. The molecule has 3 aromatic heterocycles. The number of hydrogen-bond donors (Lipinski definition) is 1. The molecule has 1 saturated carbocycles. The van der Waals surface area contributed by atoms with Gasteiger partial charge in [0.05, 0.1) is 17.7 Å². The third-order valence-electron chi connectivity index (χ3n) is 5.09. The van der Waals surface area contributed by atoms with Crippen LogP contribution < -0.4 is 10.9 Å². The van der Waals surface area contributed by atoms with Crippen molar-refractivity contribution in [2.75, 3.05) is 11.9 Å². The Hall–Kier alpha value is -3.79. The minimum atomic E-state index is -0.650. The topological polar surface area (TPSA) is 116 Å². The van der Waals surface area contributed by atoms with Crippen molar-refractivity contribution in [2.45, 2.75) is 25.7 Å². The van der Waals surface area contributed by atoms with E-state index in [1.165, 1.54) is 0 Å². The normalized spacial score (nSPS) is 13.3. The maximum Gasteiger partial charge on any atom is 0.359 e. The summed E-state index contributed by atoms with van der Waals surface area (Å²) in [7, 11) is 0. The first-order chi connectivity index (χ1) is 15.6. The minimum Gasteiger partial charge on any atom is -0.461 e. The first kappa shape index (κ1) is 20.1. The largest absolute Gasteiger partial charge is 0.461 e. The van der Waals surface area contributed by atoms with E-state index in [4.69, 9.17) is 9.26 Å². The Morgan fingerprint density at radius 3 is 2.78 bits per heavy atom. The summed E-state index contributed by atoms with van der Waals surface area (Å²) in [5, 5.41) is 13.2. The molecule has 9 nitrogen and oxygen atoms in total. The fourth-order valence-corrected chi connectivity index (χ4v) is 4.29. The second-order valence-corrected chi connectivity index (χ2v) is 8.20. The molecule has 0 saturated heterocycles. The Kier molecular flexibility index (Phi) is 5.06. The standard InChI is InChI=1S/C22H18N4O5S/c1-2-30-22(29)18-14-11-32-20(23-19(27)15-10-16(31-25-15)12-8-9-12)17(14)21(28)26(24-18)13-6-4-3-5-7-13/h3-7,10-12H,2,8-9H2,1H3,(H,23,27). The predicted molar refractivity (Wildman–Crippen MR) is 118 cm³/mol. The number of amides is 1. The van der Waals surface area contributed by atoms with Gasteiger partial charge in [0.15, 0.2) is 11.4 Å². The molecule has 1 aliphatic carbocycles. The summed E-state index contributed by atoms with van der Waals surface area (Å²) >= 11 is 1.13. The van der Waals surface area contributed by atoms with Crippen molar-refractivity contribution in [3.63, 3.8) is 0 Å². The van der Waals surface area contributed by atoms with Crippen molar-refractivity contribution < 1.29 is 18.8 Å². The third-order valence-corrected chi connectivity index (χ3v) is 5.99. The van der Waals surface area contributed by atoms with Gasteiger partial charge in [-0.25, -0.2) is 4.79 Å². The van der Waals surface area contributed by atoms with Crippen LogP contribution in [0.2, 0.25) is 0 Å². The fourth-order valence-electron chi connectivity index (χ4n) is 3.36. The minimum absolute atomic E-state index is 0.000456. The van der Waals surface area contributed by atoms with Gasteiger partial charge in [-0.05, 0) is 31.9 Å². The molecular weight excluding hydrogens is 432 g/mol. The van der Waals surface area contributed by atoms with E-state index in [1.807, 2.05) is 6.07 Å². The van der Waals surface area contributed by atoms with Crippen molar-refractivity contribution in [3.8, 4) is 5.69 Å². The van der Waals surface area contributed by atoms with Crippen LogP contribution in [0, 0.1) is 0 Å². The van der Waals surface area contributed by atoms with Gasteiger partial charge < -0.3 is 14.6 Å². The number of fused-ring (bicyclic) bond motifs is 1. The number of anilines is 1. The second kappa shape index (κ2) is 8.04. The molecule has 32 heavy (non-hydrogen) atoms. The number of esters is 1. The van der Waals surface area contributed by atoms with Crippen molar-refractivity contribution in [2.24, 2.45) is 0 Å². The number of thiophene rings is 1. The maximum absolute atomic E-state index is 13.3. The second-order valence-electron chi connectivity index (χ2n) is 7.32. The van der Waals surface area contributed by atoms with Gasteiger partial charge in [0, 0.05) is 22.8 Å². The van der Waals surface area contributed by atoms with Gasteiger partial charge in [-0.2, -0.15) is 9.78 Å². The van der Waals surface area contributed by atoms with Crippen LogP contribution in [0.4, 0.5) is 5.00 Å². The summed E-state index contributed by atoms with van der Waals surface area (Å²) in [5.74, 6) is -0.137. The van der Waals surface area contributed by atoms with Crippen LogP contribution in [0.15, 0.2) is 51.1 Å². The Labute approximate surface area is 185 Å². The Morgan fingerprint density at radius 1 is 1.28 bits per heavy atom. The number of nitrogens with one attached hydrogen (secondary N) is 1. The van der Waals surface area contributed by atoms with Crippen LogP contribution in [0.5, 0.6) is 0 Å². The Bertz CT molecular complexity index is 1380. The molecule has 0 radical (unpaired) electrons. The van der Waals surface area contributed by atoms with Crippen LogP contribution in [0.25, 0.3) is 16.5 Å². The number of benzene rings is 1. The van der Waals surface area contributed by atoms with Gasteiger partial charge in [0.2, 0.25) is 0 Å².